The Kier molecular flexibility index (Phi) is 7.57. The highest BCUT2D eigenvalue weighted by Crippen LogP contribution is 2.26. The number of aryl methyl sites for hydroxylation is 1. The fourth-order valence-electron chi connectivity index (χ4n) is 3.47. The first kappa shape index (κ1) is 24.2. The molecule has 0 aliphatic carbocycles. The van der Waals surface area contributed by atoms with Gasteiger partial charge in [0.05, 0.1) is 11.8 Å². The normalized spacial score (nSPS) is 11.9. The summed E-state index contributed by atoms with van der Waals surface area (Å²) < 4.78 is 12.3. The second kappa shape index (κ2) is 11.0. The number of ether oxygens (including phenoxy) is 2. The van der Waals surface area contributed by atoms with Gasteiger partial charge >= 0.3 is 5.97 Å². The van der Waals surface area contributed by atoms with E-state index in [0.29, 0.717) is 22.6 Å². The Labute approximate surface area is 211 Å². The molecule has 0 radical (unpaired) electrons. The Hall–Kier alpha value is -3.97. The Morgan fingerprint density at radius 2 is 1.69 bits per heavy atom. The number of nitrogens with zero attached hydrogens (tertiary/aromatic N) is 1. The molecule has 0 spiro atoms. The van der Waals surface area contributed by atoms with Crippen molar-refractivity contribution in [3.05, 3.63) is 106 Å². The first-order valence-corrected chi connectivity index (χ1v) is 11.8. The van der Waals surface area contributed by atoms with E-state index in [1.807, 2.05) is 61.5 Å². The van der Waals surface area contributed by atoms with Crippen molar-refractivity contribution >= 4 is 44.8 Å². The van der Waals surface area contributed by atoms with Crippen molar-refractivity contribution in [2.24, 2.45) is 5.10 Å². The van der Waals surface area contributed by atoms with E-state index in [4.69, 9.17) is 9.47 Å². The van der Waals surface area contributed by atoms with Crippen LogP contribution in [0, 0.1) is 6.92 Å². The lowest BCUT2D eigenvalue weighted by Gasteiger charge is -2.15. The van der Waals surface area contributed by atoms with E-state index < -0.39 is 18.0 Å². The van der Waals surface area contributed by atoms with E-state index in [1.54, 1.807) is 37.3 Å². The maximum Gasteiger partial charge on any atom is 0.343 e. The largest absolute Gasteiger partial charge is 0.480 e. The molecule has 6 nitrogen and oxygen atoms in total. The van der Waals surface area contributed by atoms with Gasteiger partial charge in [0, 0.05) is 15.4 Å². The van der Waals surface area contributed by atoms with Crippen molar-refractivity contribution in [2.75, 3.05) is 0 Å². The molecule has 1 N–H and O–H groups in total. The van der Waals surface area contributed by atoms with Crippen molar-refractivity contribution in [2.45, 2.75) is 20.0 Å². The lowest BCUT2D eigenvalue weighted by Crippen LogP contribution is -2.33. The predicted octanol–water partition coefficient (Wildman–Crippen LogP) is 6.05. The van der Waals surface area contributed by atoms with Crippen LogP contribution in [0.2, 0.25) is 0 Å². The van der Waals surface area contributed by atoms with Crippen LogP contribution >= 0.6 is 15.9 Å². The molecule has 0 saturated carbocycles. The van der Waals surface area contributed by atoms with Crippen molar-refractivity contribution < 1.29 is 19.1 Å². The van der Waals surface area contributed by atoms with Crippen LogP contribution in [-0.2, 0) is 4.79 Å². The maximum atomic E-state index is 12.6. The topological polar surface area (TPSA) is 77.0 Å². The van der Waals surface area contributed by atoms with Gasteiger partial charge in [0.2, 0.25) is 0 Å². The van der Waals surface area contributed by atoms with Crippen LogP contribution in [0.3, 0.4) is 0 Å². The van der Waals surface area contributed by atoms with Gasteiger partial charge in [0.15, 0.2) is 6.10 Å². The molecule has 0 fully saturated rings. The Morgan fingerprint density at radius 3 is 2.51 bits per heavy atom. The average Bonchev–Trinajstić information content (AvgIpc) is 2.86. The summed E-state index contributed by atoms with van der Waals surface area (Å²) >= 11 is 3.41. The number of fused-ring (bicyclic) bond motifs is 1. The number of hydrogen-bond acceptors (Lipinski definition) is 5. The van der Waals surface area contributed by atoms with E-state index in [2.05, 4.69) is 26.5 Å². The van der Waals surface area contributed by atoms with E-state index in [9.17, 15) is 9.59 Å². The summed E-state index contributed by atoms with van der Waals surface area (Å²) in [5.41, 5.74) is 4.30. The van der Waals surface area contributed by atoms with Gasteiger partial charge in [0.25, 0.3) is 5.91 Å². The second-order valence-electron chi connectivity index (χ2n) is 7.86. The summed E-state index contributed by atoms with van der Waals surface area (Å²) in [6.07, 6.45) is 0.645. The van der Waals surface area contributed by atoms with Crippen LogP contribution in [0.25, 0.3) is 10.8 Å². The molecule has 0 unspecified atom stereocenters. The predicted molar refractivity (Wildman–Crippen MR) is 140 cm³/mol. The molecule has 0 bridgehead atoms. The van der Waals surface area contributed by atoms with Gasteiger partial charge in [-0.15, -0.1) is 0 Å². The van der Waals surface area contributed by atoms with Crippen LogP contribution in [0.15, 0.2) is 94.5 Å². The zero-order valence-corrected chi connectivity index (χ0v) is 20.8. The third-order valence-electron chi connectivity index (χ3n) is 5.34. The SMILES string of the molecule is Cc1ccccc1C(=O)Oc1ccc(Br)cc1/C=N\NC(=O)[C@@H](C)Oc1cccc2ccccc12. The van der Waals surface area contributed by atoms with Crippen LogP contribution < -0.4 is 14.9 Å². The van der Waals surface area contributed by atoms with Crippen molar-refractivity contribution in [1.29, 1.82) is 0 Å². The van der Waals surface area contributed by atoms with Crippen molar-refractivity contribution in [3.8, 4) is 11.5 Å². The number of carbonyl (C=O) groups excluding carboxylic acids is 2. The molecule has 7 heteroatoms. The average molecular weight is 531 g/mol. The van der Waals surface area contributed by atoms with Gasteiger partial charge in [-0.05, 0) is 55.1 Å². The first-order valence-electron chi connectivity index (χ1n) is 11.0. The number of amides is 1. The number of rotatable bonds is 7. The number of carbonyl (C=O) groups is 2. The summed E-state index contributed by atoms with van der Waals surface area (Å²) in [6.45, 7) is 3.50. The molecule has 35 heavy (non-hydrogen) atoms. The number of benzene rings is 4. The maximum absolute atomic E-state index is 12.6. The number of hydrazone groups is 1. The Bertz CT molecular complexity index is 1410. The molecule has 0 aliphatic rings. The quantitative estimate of drug-likeness (QED) is 0.136. The zero-order chi connectivity index (χ0) is 24.8. The van der Waals surface area contributed by atoms with Gasteiger partial charge in [-0.1, -0.05) is 70.5 Å². The van der Waals surface area contributed by atoms with Crippen LogP contribution in [-0.4, -0.2) is 24.2 Å². The van der Waals surface area contributed by atoms with Crippen molar-refractivity contribution in [1.82, 2.24) is 5.43 Å². The standard InChI is InChI=1S/C28H23BrN2O4/c1-18-8-3-5-11-23(18)28(33)35-25-15-14-22(29)16-21(25)17-30-31-27(32)19(2)34-26-13-7-10-20-9-4-6-12-24(20)26/h3-17,19H,1-2H3,(H,31,32)/b30-17-/t19-/m1/s1. The smallest absolute Gasteiger partial charge is 0.343 e. The molecule has 176 valence electrons. The second-order valence-corrected chi connectivity index (χ2v) is 8.77. The molecule has 4 aromatic rings. The monoisotopic (exact) mass is 530 g/mol. The Balaban J connectivity index is 1.44. The fraction of sp³-hybridized carbons (Fsp3) is 0.107. The van der Waals surface area contributed by atoms with Gasteiger partial charge in [-0.25, -0.2) is 10.2 Å². The molecule has 4 aromatic carbocycles. The molecular weight excluding hydrogens is 508 g/mol. The lowest BCUT2D eigenvalue weighted by molar-refractivity contribution is -0.127. The number of nitrogens with one attached hydrogen (secondary N) is 1. The van der Waals surface area contributed by atoms with Crippen molar-refractivity contribution in [3.63, 3.8) is 0 Å². The third kappa shape index (κ3) is 5.94. The lowest BCUT2D eigenvalue weighted by atomic mass is 10.1. The van der Waals surface area contributed by atoms with Gasteiger partial charge in [-0.3, -0.25) is 4.79 Å². The summed E-state index contributed by atoms with van der Waals surface area (Å²) in [5, 5.41) is 6.00. The zero-order valence-electron chi connectivity index (χ0n) is 19.2. The van der Waals surface area contributed by atoms with Gasteiger partial charge < -0.3 is 9.47 Å². The highest BCUT2D eigenvalue weighted by molar-refractivity contribution is 9.10. The summed E-state index contributed by atoms with van der Waals surface area (Å²) in [6, 6.07) is 25.9. The highest BCUT2D eigenvalue weighted by Gasteiger charge is 2.16. The molecule has 4 rings (SSSR count). The van der Waals surface area contributed by atoms with Crippen LogP contribution in [0.5, 0.6) is 11.5 Å². The van der Waals surface area contributed by atoms with E-state index in [1.165, 1.54) is 6.21 Å². The minimum atomic E-state index is -0.779. The molecule has 0 heterocycles. The molecule has 0 aliphatic heterocycles. The van der Waals surface area contributed by atoms with Gasteiger partial charge in [-0.2, -0.15) is 5.10 Å². The number of esters is 1. The van der Waals surface area contributed by atoms with Crippen LogP contribution in [0.1, 0.15) is 28.4 Å². The van der Waals surface area contributed by atoms with Crippen LogP contribution in [0.4, 0.5) is 0 Å². The van der Waals surface area contributed by atoms with E-state index in [0.717, 1.165) is 20.8 Å². The summed E-state index contributed by atoms with van der Waals surface area (Å²) in [7, 11) is 0. The summed E-state index contributed by atoms with van der Waals surface area (Å²) in [5.74, 6) is 0.0514. The highest BCUT2D eigenvalue weighted by atomic mass is 79.9. The summed E-state index contributed by atoms with van der Waals surface area (Å²) in [4.78, 5) is 25.2. The number of hydrogen-bond donors (Lipinski definition) is 1. The molecule has 1 amide bonds. The molecule has 1 atom stereocenters. The minimum Gasteiger partial charge on any atom is -0.480 e. The molecular formula is C28H23BrN2O4. The molecule has 0 saturated heterocycles. The Morgan fingerprint density at radius 1 is 0.943 bits per heavy atom. The number of halogens is 1. The van der Waals surface area contributed by atoms with Gasteiger partial charge in [0.1, 0.15) is 11.5 Å². The van der Waals surface area contributed by atoms with E-state index in [-0.39, 0.29) is 0 Å². The fourth-order valence-corrected chi connectivity index (χ4v) is 3.85. The third-order valence-corrected chi connectivity index (χ3v) is 5.83. The first-order chi connectivity index (χ1) is 16.9. The molecule has 0 aromatic heterocycles. The van der Waals surface area contributed by atoms with E-state index >= 15 is 0 Å². The minimum absolute atomic E-state index is 0.319.